The number of benzene rings is 1. The summed E-state index contributed by atoms with van der Waals surface area (Å²) in [5, 5.41) is 22.0. The summed E-state index contributed by atoms with van der Waals surface area (Å²) in [4.78, 5) is 0. The first kappa shape index (κ1) is 13.1. The predicted molar refractivity (Wildman–Crippen MR) is 60.5 cm³/mol. The first-order chi connectivity index (χ1) is 7.63. The molecule has 0 aliphatic heterocycles. The van der Waals surface area contributed by atoms with E-state index in [0.29, 0.717) is 25.1 Å². The second-order valence-electron chi connectivity index (χ2n) is 3.79. The average molecular weight is 227 g/mol. The Morgan fingerprint density at radius 1 is 1.19 bits per heavy atom. The molecule has 1 aromatic rings. The van der Waals surface area contributed by atoms with Crippen LogP contribution in [0.3, 0.4) is 0 Å². The van der Waals surface area contributed by atoms with Crippen molar-refractivity contribution >= 4 is 0 Å². The predicted octanol–water partition coefficient (Wildman–Crippen LogP) is 1.22. The molecule has 0 fully saturated rings. The van der Waals surface area contributed by atoms with Crippen LogP contribution in [0.1, 0.15) is 25.0 Å². The van der Waals surface area contributed by atoms with Crippen molar-refractivity contribution in [1.82, 2.24) is 5.32 Å². The van der Waals surface area contributed by atoms with E-state index in [-0.39, 0.29) is 11.9 Å². The van der Waals surface area contributed by atoms with E-state index < -0.39 is 6.10 Å². The Kier molecular flexibility index (Phi) is 5.38. The number of nitrogens with one attached hydrogen (secondary N) is 1. The molecule has 0 bridgehead atoms. The van der Waals surface area contributed by atoms with Crippen molar-refractivity contribution in [1.29, 1.82) is 0 Å². The standard InChI is InChI=1S/C12H18FNO2/c1-2-11(15)7-14-8-12(16)9-3-5-10(13)6-4-9/h3-6,11-12,14-16H,2,7-8H2,1H3. The molecule has 0 aromatic heterocycles. The van der Waals surface area contributed by atoms with E-state index in [1.54, 1.807) is 12.1 Å². The average Bonchev–Trinajstić information content (AvgIpc) is 2.29. The normalized spacial score (nSPS) is 14.8. The number of hydrogen-bond donors (Lipinski definition) is 3. The van der Waals surface area contributed by atoms with Crippen LogP contribution in [0.15, 0.2) is 24.3 Å². The Hall–Kier alpha value is -0.970. The number of rotatable bonds is 6. The third-order valence-corrected chi connectivity index (χ3v) is 2.44. The first-order valence-electron chi connectivity index (χ1n) is 5.45. The minimum Gasteiger partial charge on any atom is -0.392 e. The lowest BCUT2D eigenvalue weighted by Crippen LogP contribution is -2.29. The molecule has 1 aromatic carbocycles. The summed E-state index contributed by atoms with van der Waals surface area (Å²) < 4.78 is 12.6. The third kappa shape index (κ3) is 4.26. The Labute approximate surface area is 94.9 Å². The van der Waals surface area contributed by atoms with Crippen LogP contribution in [0.25, 0.3) is 0 Å². The lowest BCUT2D eigenvalue weighted by atomic mass is 10.1. The Morgan fingerprint density at radius 2 is 1.81 bits per heavy atom. The molecule has 2 atom stereocenters. The summed E-state index contributed by atoms with van der Waals surface area (Å²) in [6.45, 7) is 2.69. The van der Waals surface area contributed by atoms with Crippen molar-refractivity contribution in [3.63, 3.8) is 0 Å². The molecule has 16 heavy (non-hydrogen) atoms. The number of aliphatic hydroxyl groups is 2. The zero-order chi connectivity index (χ0) is 12.0. The Balaban J connectivity index is 2.35. The lowest BCUT2D eigenvalue weighted by molar-refractivity contribution is 0.144. The highest BCUT2D eigenvalue weighted by atomic mass is 19.1. The molecule has 3 nitrogen and oxygen atoms in total. The molecule has 0 heterocycles. The minimum atomic E-state index is -0.676. The van der Waals surface area contributed by atoms with Crippen LogP contribution in [0.2, 0.25) is 0 Å². The van der Waals surface area contributed by atoms with E-state index in [4.69, 9.17) is 0 Å². The number of hydrogen-bond acceptors (Lipinski definition) is 3. The van der Waals surface area contributed by atoms with Crippen LogP contribution in [-0.2, 0) is 0 Å². The second-order valence-corrected chi connectivity index (χ2v) is 3.79. The zero-order valence-electron chi connectivity index (χ0n) is 9.36. The van der Waals surface area contributed by atoms with E-state index in [1.165, 1.54) is 12.1 Å². The lowest BCUT2D eigenvalue weighted by Gasteiger charge is -2.14. The van der Waals surface area contributed by atoms with Crippen molar-refractivity contribution in [2.75, 3.05) is 13.1 Å². The third-order valence-electron chi connectivity index (χ3n) is 2.44. The van der Waals surface area contributed by atoms with Gasteiger partial charge in [-0.05, 0) is 24.1 Å². The molecule has 0 aliphatic rings. The van der Waals surface area contributed by atoms with Crippen molar-refractivity contribution in [3.8, 4) is 0 Å². The second kappa shape index (κ2) is 6.58. The highest BCUT2D eigenvalue weighted by Crippen LogP contribution is 2.12. The van der Waals surface area contributed by atoms with Crippen LogP contribution in [0, 0.1) is 5.82 Å². The molecule has 0 saturated carbocycles. The topological polar surface area (TPSA) is 52.5 Å². The first-order valence-corrected chi connectivity index (χ1v) is 5.45. The molecule has 0 radical (unpaired) electrons. The number of aliphatic hydroxyl groups excluding tert-OH is 2. The van der Waals surface area contributed by atoms with Gasteiger partial charge >= 0.3 is 0 Å². The summed E-state index contributed by atoms with van der Waals surface area (Å²) in [5.74, 6) is -0.315. The van der Waals surface area contributed by atoms with E-state index in [0.717, 1.165) is 0 Å². The van der Waals surface area contributed by atoms with Crippen molar-refractivity contribution in [2.45, 2.75) is 25.6 Å². The van der Waals surface area contributed by atoms with Gasteiger partial charge in [0, 0.05) is 13.1 Å². The van der Waals surface area contributed by atoms with Crippen LogP contribution in [-0.4, -0.2) is 29.4 Å². The highest BCUT2D eigenvalue weighted by Gasteiger charge is 2.08. The molecule has 0 spiro atoms. The fraction of sp³-hybridized carbons (Fsp3) is 0.500. The van der Waals surface area contributed by atoms with E-state index in [9.17, 15) is 14.6 Å². The maximum Gasteiger partial charge on any atom is 0.123 e. The van der Waals surface area contributed by atoms with Gasteiger partial charge in [0.2, 0.25) is 0 Å². The number of halogens is 1. The summed E-state index contributed by atoms with van der Waals surface area (Å²) in [5.41, 5.74) is 0.667. The van der Waals surface area contributed by atoms with Crippen molar-refractivity contribution in [3.05, 3.63) is 35.6 Å². The van der Waals surface area contributed by atoms with Gasteiger partial charge in [-0.3, -0.25) is 0 Å². The molecule has 1 rings (SSSR count). The van der Waals surface area contributed by atoms with Crippen molar-refractivity contribution in [2.24, 2.45) is 0 Å². The summed E-state index contributed by atoms with van der Waals surface area (Å²) in [6.07, 6.45) is -0.385. The maximum atomic E-state index is 12.6. The van der Waals surface area contributed by atoms with Gasteiger partial charge in [0.1, 0.15) is 5.82 Å². The summed E-state index contributed by atoms with van der Waals surface area (Å²) >= 11 is 0. The van der Waals surface area contributed by atoms with Gasteiger partial charge in [0.05, 0.1) is 12.2 Å². The summed E-state index contributed by atoms with van der Waals surface area (Å²) in [6, 6.07) is 5.74. The van der Waals surface area contributed by atoms with Gasteiger partial charge in [-0.15, -0.1) is 0 Å². The molecule has 0 saturated heterocycles. The quantitative estimate of drug-likeness (QED) is 0.685. The maximum absolute atomic E-state index is 12.6. The van der Waals surface area contributed by atoms with Gasteiger partial charge in [-0.2, -0.15) is 0 Å². The zero-order valence-corrected chi connectivity index (χ0v) is 9.36. The van der Waals surface area contributed by atoms with Crippen LogP contribution < -0.4 is 5.32 Å². The Bertz CT molecular complexity index is 302. The fourth-order valence-corrected chi connectivity index (χ4v) is 1.33. The van der Waals surface area contributed by atoms with Crippen LogP contribution >= 0.6 is 0 Å². The molecule has 0 aliphatic carbocycles. The molecule has 2 unspecified atom stereocenters. The van der Waals surface area contributed by atoms with Gasteiger partial charge in [0.15, 0.2) is 0 Å². The molecule has 4 heteroatoms. The van der Waals surface area contributed by atoms with E-state index >= 15 is 0 Å². The SMILES string of the molecule is CCC(O)CNCC(O)c1ccc(F)cc1. The molecular weight excluding hydrogens is 209 g/mol. The van der Waals surface area contributed by atoms with E-state index in [2.05, 4.69) is 5.32 Å². The highest BCUT2D eigenvalue weighted by molar-refractivity contribution is 5.18. The van der Waals surface area contributed by atoms with E-state index in [1.807, 2.05) is 6.92 Å². The van der Waals surface area contributed by atoms with Gasteiger partial charge < -0.3 is 15.5 Å². The van der Waals surface area contributed by atoms with Gasteiger partial charge in [-0.1, -0.05) is 19.1 Å². The van der Waals surface area contributed by atoms with Crippen LogP contribution in [0.4, 0.5) is 4.39 Å². The molecule has 3 N–H and O–H groups in total. The van der Waals surface area contributed by atoms with Crippen LogP contribution in [0.5, 0.6) is 0 Å². The van der Waals surface area contributed by atoms with Crippen molar-refractivity contribution < 1.29 is 14.6 Å². The minimum absolute atomic E-state index is 0.315. The molecular formula is C12H18FNO2. The fourth-order valence-electron chi connectivity index (χ4n) is 1.33. The monoisotopic (exact) mass is 227 g/mol. The Morgan fingerprint density at radius 3 is 2.38 bits per heavy atom. The largest absolute Gasteiger partial charge is 0.392 e. The smallest absolute Gasteiger partial charge is 0.123 e. The van der Waals surface area contributed by atoms with Gasteiger partial charge in [0.25, 0.3) is 0 Å². The molecule has 90 valence electrons. The summed E-state index contributed by atoms with van der Waals surface area (Å²) in [7, 11) is 0. The molecule has 0 amide bonds. The van der Waals surface area contributed by atoms with Gasteiger partial charge in [-0.25, -0.2) is 4.39 Å².